The summed E-state index contributed by atoms with van der Waals surface area (Å²) in [5.41, 5.74) is 7.79. The second kappa shape index (κ2) is 4.73. The van der Waals surface area contributed by atoms with Crippen LogP contribution in [-0.2, 0) is 0 Å². The molecule has 2 aromatic heterocycles. The van der Waals surface area contributed by atoms with Crippen LogP contribution in [0.3, 0.4) is 0 Å². The summed E-state index contributed by atoms with van der Waals surface area (Å²) in [4.78, 5) is 8.27. The molecule has 5 nitrogen and oxygen atoms in total. The van der Waals surface area contributed by atoms with Crippen molar-refractivity contribution in [2.75, 3.05) is 5.73 Å². The van der Waals surface area contributed by atoms with E-state index in [1.54, 1.807) is 30.6 Å². The minimum atomic E-state index is -0.512. The lowest BCUT2D eigenvalue weighted by atomic mass is 10.1. The molecule has 6 heteroatoms. The van der Waals surface area contributed by atoms with Crippen molar-refractivity contribution in [3.63, 3.8) is 0 Å². The number of anilines is 1. The van der Waals surface area contributed by atoms with Crippen LogP contribution in [0.2, 0.25) is 0 Å². The van der Waals surface area contributed by atoms with Gasteiger partial charge in [0.1, 0.15) is 5.82 Å². The Labute approximate surface area is 114 Å². The summed E-state index contributed by atoms with van der Waals surface area (Å²) in [5.74, 6) is 0.0964. The number of hydrogen-bond donors (Lipinski definition) is 1. The van der Waals surface area contributed by atoms with Crippen LogP contribution >= 0.6 is 0 Å². The molecular formula is C14H11FN4O. The smallest absolute Gasteiger partial charge is 0.260 e. The van der Waals surface area contributed by atoms with Crippen molar-refractivity contribution in [1.29, 1.82) is 0 Å². The molecule has 0 bridgehead atoms. The van der Waals surface area contributed by atoms with E-state index in [1.807, 2.05) is 6.92 Å². The summed E-state index contributed by atoms with van der Waals surface area (Å²) >= 11 is 0. The Balaban J connectivity index is 2.07. The molecule has 0 atom stereocenters. The van der Waals surface area contributed by atoms with Gasteiger partial charge in [-0.25, -0.2) is 4.39 Å². The first kappa shape index (κ1) is 12.3. The van der Waals surface area contributed by atoms with Crippen molar-refractivity contribution < 1.29 is 8.91 Å². The van der Waals surface area contributed by atoms with Crippen LogP contribution in [0, 0.1) is 12.7 Å². The predicted octanol–water partition coefficient (Wildman–Crippen LogP) is 2.83. The fraction of sp³-hybridized carbons (Fsp3) is 0.0714. The molecule has 0 fully saturated rings. The first-order chi connectivity index (χ1) is 9.66. The molecule has 0 radical (unpaired) electrons. The molecule has 3 rings (SSSR count). The van der Waals surface area contributed by atoms with E-state index in [1.165, 1.54) is 6.07 Å². The predicted molar refractivity (Wildman–Crippen MR) is 72.1 cm³/mol. The lowest BCUT2D eigenvalue weighted by molar-refractivity contribution is 0.432. The summed E-state index contributed by atoms with van der Waals surface area (Å²) < 4.78 is 18.6. The number of nitrogens with zero attached hydrogens (tertiary/aromatic N) is 3. The average molecular weight is 270 g/mol. The minimum Gasteiger partial charge on any atom is -0.396 e. The number of aromatic nitrogens is 3. The zero-order chi connectivity index (χ0) is 14.1. The number of nitrogens with two attached hydrogens (primary N) is 1. The van der Waals surface area contributed by atoms with Crippen molar-refractivity contribution >= 4 is 5.69 Å². The van der Waals surface area contributed by atoms with Crippen LogP contribution < -0.4 is 5.73 Å². The Bertz CT molecular complexity index is 769. The van der Waals surface area contributed by atoms with Gasteiger partial charge in [-0.1, -0.05) is 11.2 Å². The number of pyridine rings is 1. The maximum atomic E-state index is 13.4. The number of halogens is 1. The number of aryl methyl sites for hydroxylation is 1. The molecular weight excluding hydrogens is 259 g/mol. The second-order valence-electron chi connectivity index (χ2n) is 4.31. The highest BCUT2D eigenvalue weighted by Crippen LogP contribution is 2.28. The van der Waals surface area contributed by atoms with E-state index in [4.69, 9.17) is 10.3 Å². The first-order valence-corrected chi connectivity index (χ1v) is 5.96. The Morgan fingerprint density at radius 3 is 2.85 bits per heavy atom. The highest BCUT2D eigenvalue weighted by Gasteiger charge is 2.15. The second-order valence-corrected chi connectivity index (χ2v) is 4.31. The van der Waals surface area contributed by atoms with Crippen molar-refractivity contribution in [2.45, 2.75) is 6.92 Å². The third-order valence-electron chi connectivity index (χ3n) is 2.97. The summed E-state index contributed by atoms with van der Waals surface area (Å²) in [7, 11) is 0. The molecule has 3 aromatic rings. The molecule has 0 saturated heterocycles. The van der Waals surface area contributed by atoms with E-state index < -0.39 is 5.82 Å². The Kier molecular flexibility index (Phi) is 2.90. The normalized spacial score (nSPS) is 10.7. The molecule has 2 heterocycles. The Morgan fingerprint density at radius 1 is 1.20 bits per heavy atom. The van der Waals surface area contributed by atoms with Gasteiger partial charge in [-0.15, -0.1) is 0 Å². The molecule has 20 heavy (non-hydrogen) atoms. The molecule has 0 aliphatic rings. The minimum absolute atomic E-state index is 0.00542. The van der Waals surface area contributed by atoms with Crippen molar-refractivity contribution in [1.82, 2.24) is 15.1 Å². The third kappa shape index (κ3) is 2.01. The maximum Gasteiger partial charge on any atom is 0.260 e. The van der Waals surface area contributed by atoms with Crippen LogP contribution in [0.25, 0.3) is 22.8 Å². The molecule has 1 aromatic carbocycles. The largest absolute Gasteiger partial charge is 0.396 e. The van der Waals surface area contributed by atoms with Gasteiger partial charge >= 0.3 is 0 Å². The summed E-state index contributed by atoms with van der Waals surface area (Å²) in [6, 6.07) is 6.25. The van der Waals surface area contributed by atoms with Gasteiger partial charge in [0.2, 0.25) is 5.82 Å². The van der Waals surface area contributed by atoms with Crippen LogP contribution in [0.15, 0.2) is 41.2 Å². The SMILES string of the molecule is Cc1cnccc1-c1noc(-c2cccc(F)c2N)n1. The quantitative estimate of drug-likeness (QED) is 0.724. The van der Waals surface area contributed by atoms with E-state index in [0.717, 1.165) is 11.1 Å². The van der Waals surface area contributed by atoms with Crippen LogP contribution in [0.5, 0.6) is 0 Å². The summed E-state index contributed by atoms with van der Waals surface area (Å²) in [5, 5.41) is 3.90. The third-order valence-corrected chi connectivity index (χ3v) is 2.97. The van der Waals surface area contributed by atoms with E-state index in [9.17, 15) is 4.39 Å². The fourth-order valence-corrected chi connectivity index (χ4v) is 1.89. The van der Waals surface area contributed by atoms with Crippen LogP contribution in [-0.4, -0.2) is 15.1 Å². The molecule has 100 valence electrons. The maximum absolute atomic E-state index is 13.4. The standard InChI is InChI=1S/C14H11FN4O/c1-8-7-17-6-5-9(8)13-18-14(20-19-13)10-3-2-4-11(15)12(10)16/h2-7H,16H2,1H3. The zero-order valence-electron chi connectivity index (χ0n) is 10.7. The summed E-state index contributed by atoms with van der Waals surface area (Å²) in [6.07, 6.45) is 3.36. The lowest BCUT2D eigenvalue weighted by Crippen LogP contribution is -1.94. The van der Waals surface area contributed by atoms with Gasteiger partial charge in [-0.2, -0.15) is 4.98 Å². The molecule has 0 unspecified atom stereocenters. The van der Waals surface area contributed by atoms with E-state index >= 15 is 0 Å². The molecule has 0 saturated carbocycles. The molecule has 2 N–H and O–H groups in total. The average Bonchev–Trinajstić information content (AvgIpc) is 2.92. The van der Waals surface area contributed by atoms with Gasteiger partial charge in [0.25, 0.3) is 5.89 Å². The monoisotopic (exact) mass is 270 g/mol. The number of nitrogen functional groups attached to an aromatic ring is 1. The summed E-state index contributed by atoms with van der Waals surface area (Å²) in [6.45, 7) is 1.90. The van der Waals surface area contributed by atoms with Gasteiger partial charge in [0, 0.05) is 18.0 Å². The molecule has 0 spiro atoms. The van der Waals surface area contributed by atoms with E-state index in [0.29, 0.717) is 11.4 Å². The van der Waals surface area contributed by atoms with Crippen LogP contribution in [0.1, 0.15) is 5.56 Å². The van der Waals surface area contributed by atoms with E-state index in [2.05, 4.69) is 15.1 Å². The van der Waals surface area contributed by atoms with Gasteiger partial charge in [-0.05, 0) is 30.7 Å². The van der Waals surface area contributed by atoms with Crippen molar-refractivity contribution in [2.24, 2.45) is 0 Å². The van der Waals surface area contributed by atoms with Gasteiger partial charge in [0.15, 0.2) is 0 Å². The lowest BCUT2D eigenvalue weighted by Gasteiger charge is -2.00. The molecule has 0 amide bonds. The molecule has 0 aliphatic carbocycles. The highest BCUT2D eigenvalue weighted by molar-refractivity contribution is 5.72. The molecule has 0 aliphatic heterocycles. The highest BCUT2D eigenvalue weighted by atomic mass is 19.1. The zero-order valence-corrected chi connectivity index (χ0v) is 10.7. The number of hydrogen-bond acceptors (Lipinski definition) is 5. The number of rotatable bonds is 2. The van der Waals surface area contributed by atoms with Gasteiger partial charge in [0.05, 0.1) is 11.3 Å². The van der Waals surface area contributed by atoms with Crippen LogP contribution in [0.4, 0.5) is 10.1 Å². The fourth-order valence-electron chi connectivity index (χ4n) is 1.89. The Morgan fingerprint density at radius 2 is 2.05 bits per heavy atom. The van der Waals surface area contributed by atoms with Gasteiger partial charge in [-0.3, -0.25) is 4.98 Å². The first-order valence-electron chi connectivity index (χ1n) is 5.96. The number of benzene rings is 1. The van der Waals surface area contributed by atoms with E-state index in [-0.39, 0.29) is 11.6 Å². The topological polar surface area (TPSA) is 77.8 Å². The van der Waals surface area contributed by atoms with Gasteiger partial charge < -0.3 is 10.3 Å². The van der Waals surface area contributed by atoms with Crippen molar-refractivity contribution in [3.8, 4) is 22.8 Å². The van der Waals surface area contributed by atoms with Crippen molar-refractivity contribution in [3.05, 3.63) is 48.0 Å². The Hall–Kier alpha value is -2.76. The number of para-hydroxylation sites is 1.